The molecule has 1 heterocycles. The molecule has 0 unspecified atom stereocenters. The molecule has 0 aliphatic carbocycles. The van der Waals surface area contributed by atoms with Crippen LogP contribution < -0.4 is 10.2 Å². The van der Waals surface area contributed by atoms with E-state index in [2.05, 4.69) is 15.4 Å². The molecular formula is C6H5O3. The summed E-state index contributed by atoms with van der Waals surface area (Å²) < 4.78 is 9.15. The van der Waals surface area contributed by atoms with Crippen LogP contribution in [0.15, 0.2) is 21.5 Å². The second-order valence-corrected chi connectivity index (χ2v) is 1.43. The first kappa shape index (κ1) is 5.88. The Kier molecular flexibility index (Phi) is 1.53. The predicted molar refractivity (Wildman–Crippen MR) is 30.4 cm³/mol. The molecule has 0 aliphatic heterocycles. The Morgan fingerprint density at radius 2 is 2.56 bits per heavy atom. The second kappa shape index (κ2) is 2.35. The molecule has 9 heavy (non-hydrogen) atoms. The SMILES string of the molecule is COc1co[c]cc1=O. The molecule has 0 saturated heterocycles. The van der Waals surface area contributed by atoms with E-state index in [4.69, 9.17) is 0 Å². The van der Waals surface area contributed by atoms with Gasteiger partial charge in [-0.05, 0) is 0 Å². The van der Waals surface area contributed by atoms with Crippen LogP contribution in [0.4, 0.5) is 0 Å². The fourth-order valence-electron chi connectivity index (χ4n) is 0.453. The third kappa shape index (κ3) is 1.10. The molecule has 0 aromatic carbocycles. The van der Waals surface area contributed by atoms with E-state index >= 15 is 0 Å². The summed E-state index contributed by atoms with van der Waals surface area (Å²) in [6.45, 7) is 0. The van der Waals surface area contributed by atoms with Gasteiger partial charge >= 0.3 is 0 Å². The molecule has 0 saturated carbocycles. The second-order valence-electron chi connectivity index (χ2n) is 1.43. The predicted octanol–water partition coefficient (Wildman–Crippen LogP) is 0.449. The van der Waals surface area contributed by atoms with Gasteiger partial charge in [-0.1, -0.05) is 0 Å². The minimum absolute atomic E-state index is 0.203. The van der Waals surface area contributed by atoms with Crippen molar-refractivity contribution in [2.24, 2.45) is 0 Å². The summed E-state index contributed by atoms with van der Waals surface area (Å²) in [6, 6.07) is 1.18. The first-order valence-electron chi connectivity index (χ1n) is 2.37. The molecule has 1 rings (SSSR count). The van der Waals surface area contributed by atoms with Gasteiger partial charge in [-0.15, -0.1) is 0 Å². The van der Waals surface area contributed by atoms with E-state index in [1.807, 2.05) is 0 Å². The minimum atomic E-state index is -0.219. The van der Waals surface area contributed by atoms with Crippen molar-refractivity contribution < 1.29 is 9.15 Å². The summed E-state index contributed by atoms with van der Waals surface area (Å²) in [5.41, 5.74) is -0.219. The van der Waals surface area contributed by atoms with Gasteiger partial charge in [-0.2, -0.15) is 0 Å². The third-order valence-electron chi connectivity index (χ3n) is 0.887. The topological polar surface area (TPSA) is 39.4 Å². The number of hydrogen-bond donors (Lipinski definition) is 0. The van der Waals surface area contributed by atoms with Crippen LogP contribution in [0.25, 0.3) is 0 Å². The average molecular weight is 125 g/mol. The maximum Gasteiger partial charge on any atom is 0.227 e. The Hall–Kier alpha value is -1.25. The van der Waals surface area contributed by atoms with Crippen LogP contribution >= 0.6 is 0 Å². The van der Waals surface area contributed by atoms with Crippen LogP contribution in [0.5, 0.6) is 5.75 Å². The Balaban J connectivity index is 3.16. The first-order valence-corrected chi connectivity index (χ1v) is 2.37. The molecule has 0 aliphatic rings. The van der Waals surface area contributed by atoms with Gasteiger partial charge in [0.2, 0.25) is 11.2 Å². The quantitative estimate of drug-likeness (QED) is 0.547. The highest BCUT2D eigenvalue weighted by Gasteiger charge is 1.94. The Morgan fingerprint density at radius 3 is 3.00 bits per heavy atom. The Labute approximate surface area is 51.9 Å². The summed E-state index contributed by atoms with van der Waals surface area (Å²) in [5.74, 6) is 0.203. The summed E-state index contributed by atoms with van der Waals surface area (Å²) >= 11 is 0. The molecule has 1 aromatic rings. The number of rotatable bonds is 1. The van der Waals surface area contributed by atoms with E-state index in [-0.39, 0.29) is 11.2 Å². The van der Waals surface area contributed by atoms with Crippen molar-refractivity contribution in [1.82, 2.24) is 0 Å². The molecule has 0 spiro atoms. The molecule has 0 bridgehead atoms. The lowest BCUT2D eigenvalue weighted by Gasteiger charge is -1.91. The molecule has 3 heteroatoms. The average Bonchev–Trinajstić information content (AvgIpc) is 1.89. The Bertz CT molecular complexity index is 238. The van der Waals surface area contributed by atoms with E-state index in [0.29, 0.717) is 0 Å². The van der Waals surface area contributed by atoms with Crippen molar-refractivity contribution >= 4 is 0 Å². The van der Waals surface area contributed by atoms with Crippen LogP contribution in [0.2, 0.25) is 0 Å². The highest BCUT2D eigenvalue weighted by molar-refractivity contribution is 5.13. The largest absolute Gasteiger partial charge is 0.490 e. The summed E-state index contributed by atoms with van der Waals surface area (Å²) in [7, 11) is 1.41. The third-order valence-corrected chi connectivity index (χ3v) is 0.887. The van der Waals surface area contributed by atoms with Crippen molar-refractivity contribution in [3.63, 3.8) is 0 Å². The normalized spacial score (nSPS) is 9.00. The molecule has 0 N–H and O–H groups in total. The van der Waals surface area contributed by atoms with Gasteiger partial charge < -0.3 is 9.15 Å². The zero-order valence-electron chi connectivity index (χ0n) is 4.88. The zero-order chi connectivity index (χ0) is 6.69. The molecule has 0 amide bonds. The van der Waals surface area contributed by atoms with Crippen molar-refractivity contribution in [2.45, 2.75) is 0 Å². The lowest BCUT2D eigenvalue weighted by atomic mass is 10.5. The van der Waals surface area contributed by atoms with Crippen LogP contribution in [0, 0.1) is 6.26 Å². The molecule has 3 nitrogen and oxygen atoms in total. The number of methoxy groups -OCH3 is 1. The zero-order valence-corrected chi connectivity index (χ0v) is 4.88. The lowest BCUT2D eigenvalue weighted by Crippen LogP contribution is -2.01. The lowest BCUT2D eigenvalue weighted by molar-refractivity contribution is 0.385. The van der Waals surface area contributed by atoms with E-state index in [1.165, 1.54) is 19.4 Å². The van der Waals surface area contributed by atoms with Gasteiger partial charge in [0.15, 0.2) is 6.26 Å². The van der Waals surface area contributed by atoms with Gasteiger partial charge in [0.05, 0.1) is 7.11 Å². The van der Waals surface area contributed by atoms with Crippen LogP contribution in [-0.2, 0) is 0 Å². The van der Waals surface area contributed by atoms with Crippen molar-refractivity contribution in [2.75, 3.05) is 7.11 Å². The smallest absolute Gasteiger partial charge is 0.227 e. The van der Waals surface area contributed by atoms with E-state index < -0.39 is 0 Å². The fraction of sp³-hybridized carbons (Fsp3) is 0.167. The van der Waals surface area contributed by atoms with Crippen LogP contribution in [0.3, 0.4) is 0 Å². The van der Waals surface area contributed by atoms with E-state index in [1.54, 1.807) is 0 Å². The molecule has 1 radical (unpaired) electrons. The molecule has 0 atom stereocenters. The summed E-state index contributed by atoms with van der Waals surface area (Å²) in [6.07, 6.45) is 3.48. The van der Waals surface area contributed by atoms with Crippen LogP contribution in [0.1, 0.15) is 0 Å². The minimum Gasteiger partial charge on any atom is -0.490 e. The Morgan fingerprint density at radius 1 is 1.78 bits per heavy atom. The summed E-state index contributed by atoms with van der Waals surface area (Å²) in [5, 5.41) is 0. The van der Waals surface area contributed by atoms with Crippen molar-refractivity contribution in [3.8, 4) is 5.75 Å². The maximum absolute atomic E-state index is 10.6. The first-order chi connectivity index (χ1) is 4.34. The van der Waals surface area contributed by atoms with Crippen molar-refractivity contribution in [1.29, 1.82) is 0 Å². The monoisotopic (exact) mass is 125 g/mol. The standard InChI is InChI=1S/C6H5O3/c1-8-6-4-9-3-2-5(6)7/h2,4H,1H3. The van der Waals surface area contributed by atoms with Gasteiger partial charge in [-0.25, -0.2) is 0 Å². The van der Waals surface area contributed by atoms with E-state index in [9.17, 15) is 4.79 Å². The van der Waals surface area contributed by atoms with Crippen molar-refractivity contribution in [3.05, 3.63) is 28.8 Å². The molecule has 0 fully saturated rings. The highest BCUT2D eigenvalue weighted by Crippen LogP contribution is 1.97. The van der Waals surface area contributed by atoms with Gasteiger partial charge in [0, 0.05) is 6.07 Å². The maximum atomic E-state index is 10.6. The molecule has 1 aromatic heterocycles. The molecule has 47 valence electrons. The number of ether oxygens (including phenoxy) is 1. The highest BCUT2D eigenvalue weighted by atomic mass is 16.5. The number of hydrogen-bond acceptors (Lipinski definition) is 3. The van der Waals surface area contributed by atoms with Gasteiger partial charge in [-0.3, -0.25) is 4.79 Å². The molecular weight excluding hydrogens is 120 g/mol. The van der Waals surface area contributed by atoms with Gasteiger partial charge in [0.1, 0.15) is 6.26 Å². The van der Waals surface area contributed by atoms with Crippen LogP contribution in [-0.4, -0.2) is 7.11 Å². The fourth-order valence-corrected chi connectivity index (χ4v) is 0.453. The van der Waals surface area contributed by atoms with E-state index in [0.717, 1.165) is 0 Å². The summed E-state index contributed by atoms with van der Waals surface area (Å²) in [4.78, 5) is 10.6. The van der Waals surface area contributed by atoms with Gasteiger partial charge in [0.25, 0.3) is 0 Å².